The summed E-state index contributed by atoms with van der Waals surface area (Å²) in [6, 6.07) is 1.12. The summed E-state index contributed by atoms with van der Waals surface area (Å²) in [4.78, 5) is 0. The van der Waals surface area contributed by atoms with Gasteiger partial charge in [-0.3, -0.25) is 0 Å². The van der Waals surface area contributed by atoms with E-state index in [1.165, 1.54) is 13.2 Å². The third-order valence-corrected chi connectivity index (χ3v) is 2.83. The van der Waals surface area contributed by atoms with Crippen molar-refractivity contribution >= 4 is 11.6 Å². The first kappa shape index (κ1) is 16.0. The van der Waals surface area contributed by atoms with E-state index in [4.69, 9.17) is 16.3 Å². The van der Waals surface area contributed by atoms with Gasteiger partial charge in [0.1, 0.15) is 11.8 Å². The molecule has 0 heterocycles. The van der Waals surface area contributed by atoms with E-state index in [0.717, 1.165) is 19.2 Å². The lowest BCUT2D eigenvalue weighted by Crippen LogP contribution is -2.47. The van der Waals surface area contributed by atoms with E-state index >= 15 is 0 Å². The molecule has 2 nitrogen and oxygen atoms in total. The highest BCUT2D eigenvalue weighted by Crippen LogP contribution is 2.45. The zero-order chi connectivity index (χ0) is 14.8. The molecule has 1 aromatic carbocycles. The van der Waals surface area contributed by atoms with Gasteiger partial charge in [0.25, 0.3) is 0 Å². The van der Waals surface area contributed by atoms with Crippen LogP contribution in [0.15, 0.2) is 18.2 Å². The monoisotopic (exact) mass is 303 g/mol. The predicted molar refractivity (Wildman–Crippen MR) is 60.8 cm³/mol. The van der Waals surface area contributed by atoms with Crippen molar-refractivity contribution in [2.75, 3.05) is 14.2 Å². The van der Waals surface area contributed by atoms with Gasteiger partial charge in [0.15, 0.2) is 0 Å². The summed E-state index contributed by atoms with van der Waals surface area (Å²) in [7, 11) is 2.32. The van der Waals surface area contributed by atoms with Crippen molar-refractivity contribution in [3.05, 3.63) is 28.8 Å². The molecule has 0 spiro atoms. The summed E-state index contributed by atoms with van der Waals surface area (Å²) in [5, 5.41) is 1.92. The SMILES string of the molecule is CNC(c1ccc(OC)c(Cl)c1)C(F)(F)C(F)(F)F. The molecule has 1 N–H and O–H groups in total. The van der Waals surface area contributed by atoms with Gasteiger partial charge >= 0.3 is 12.1 Å². The highest BCUT2D eigenvalue weighted by molar-refractivity contribution is 6.32. The molecule has 0 saturated carbocycles. The van der Waals surface area contributed by atoms with Crippen LogP contribution in [0.1, 0.15) is 11.6 Å². The molecule has 19 heavy (non-hydrogen) atoms. The molecule has 0 amide bonds. The lowest BCUT2D eigenvalue weighted by atomic mass is 10.00. The van der Waals surface area contributed by atoms with Crippen LogP contribution in [0.25, 0.3) is 0 Å². The number of hydrogen-bond donors (Lipinski definition) is 1. The third-order valence-electron chi connectivity index (χ3n) is 2.54. The second kappa shape index (κ2) is 5.50. The molecule has 0 aliphatic rings. The van der Waals surface area contributed by atoms with Crippen LogP contribution >= 0.6 is 11.6 Å². The number of ether oxygens (including phenoxy) is 1. The second-order valence-corrected chi connectivity index (χ2v) is 4.14. The fourth-order valence-electron chi connectivity index (χ4n) is 1.58. The number of benzene rings is 1. The Hall–Kier alpha value is -1.08. The molecule has 108 valence electrons. The van der Waals surface area contributed by atoms with Crippen molar-refractivity contribution in [1.29, 1.82) is 0 Å². The Bertz CT molecular complexity index is 449. The lowest BCUT2D eigenvalue weighted by molar-refractivity contribution is -0.293. The largest absolute Gasteiger partial charge is 0.495 e. The minimum absolute atomic E-state index is 0.0433. The number of alkyl halides is 5. The molecule has 1 unspecified atom stereocenters. The van der Waals surface area contributed by atoms with Crippen LogP contribution in [-0.4, -0.2) is 26.3 Å². The molecule has 0 aliphatic carbocycles. The fraction of sp³-hybridized carbons (Fsp3) is 0.455. The normalized spacial score (nSPS) is 14.3. The van der Waals surface area contributed by atoms with Gasteiger partial charge in [-0.15, -0.1) is 0 Å². The first-order valence-electron chi connectivity index (χ1n) is 5.10. The second-order valence-electron chi connectivity index (χ2n) is 3.74. The van der Waals surface area contributed by atoms with E-state index in [1.807, 2.05) is 5.32 Å². The highest BCUT2D eigenvalue weighted by Gasteiger charge is 2.62. The van der Waals surface area contributed by atoms with Gasteiger partial charge in [0.05, 0.1) is 12.1 Å². The van der Waals surface area contributed by atoms with E-state index in [2.05, 4.69) is 0 Å². The van der Waals surface area contributed by atoms with Crippen molar-refractivity contribution in [3.63, 3.8) is 0 Å². The molecule has 0 aromatic heterocycles. The van der Waals surface area contributed by atoms with Crippen LogP contribution in [0.3, 0.4) is 0 Å². The average molecular weight is 304 g/mol. The minimum Gasteiger partial charge on any atom is -0.495 e. The molecule has 0 saturated heterocycles. The van der Waals surface area contributed by atoms with Gasteiger partial charge < -0.3 is 10.1 Å². The van der Waals surface area contributed by atoms with Crippen LogP contribution in [0.2, 0.25) is 5.02 Å². The Balaban J connectivity index is 3.21. The summed E-state index contributed by atoms with van der Waals surface area (Å²) in [5.74, 6) is -4.73. The summed E-state index contributed by atoms with van der Waals surface area (Å²) < 4.78 is 68.5. The van der Waals surface area contributed by atoms with E-state index < -0.39 is 18.1 Å². The zero-order valence-electron chi connectivity index (χ0n) is 9.99. The Morgan fingerprint density at radius 2 is 1.79 bits per heavy atom. The molecule has 1 atom stereocenters. The highest BCUT2D eigenvalue weighted by atomic mass is 35.5. The molecular weight excluding hydrogens is 293 g/mol. The van der Waals surface area contributed by atoms with Crippen LogP contribution in [-0.2, 0) is 0 Å². The van der Waals surface area contributed by atoms with Crippen molar-refractivity contribution in [2.24, 2.45) is 0 Å². The molecule has 8 heteroatoms. The molecule has 0 bridgehead atoms. The number of halogens is 6. The number of nitrogens with one attached hydrogen (secondary N) is 1. The standard InChI is InChI=1S/C11H11ClF5NO/c1-18-9(10(13,14)11(15,16)17)6-3-4-8(19-2)7(12)5-6/h3-5,9,18H,1-2H3. The van der Waals surface area contributed by atoms with Gasteiger partial charge in [0, 0.05) is 0 Å². The van der Waals surface area contributed by atoms with E-state index in [-0.39, 0.29) is 16.3 Å². The first-order chi connectivity index (χ1) is 8.65. The molecule has 1 rings (SSSR count). The Morgan fingerprint density at radius 1 is 1.21 bits per heavy atom. The average Bonchev–Trinajstić information content (AvgIpc) is 2.28. The van der Waals surface area contributed by atoms with E-state index in [9.17, 15) is 22.0 Å². The summed E-state index contributed by atoms with van der Waals surface area (Å²) in [6.07, 6.45) is -5.66. The van der Waals surface area contributed by atoms with Crippen molar-refractivity contribution in [1.82, 2.24) is 5.32 Å². The predicted octanol–water partition coefficient (Wildman–Crippen LogP) is 3.81. The van der Waals surface area contributed by atoms with Gasteiger partial charge in [-0.05, 0) is 24.7 Å². The minimum atomic E-state index is -5.66. The van der Waals surface area contributed by atoms with Crippen LogP contribution in [0.4, 0.5) is 22.0 Å². The Labute approximate surface area is 111 Å². The number of rotatable bonds is 4. The third kappa shape index (κ3) is 3.09. The first-order valence-corrected chi connectivity index (χ1v) is 5.48. The van der Waals surface area contributed by atoms with Crippen molar-refractivity contribution in [3.8, 4) is 5.75 Å². The maximum atomic E-state index is 13.3. The maximum Gasteiger partial charge on any atom is 0.455 e. The Morgan fingerprint density at radius 3 is 2.16 bits per heavy atom. The zero-order valence-corrected chi connectivity index (χ0v) is 10.7. The van der Waals surface area contributed by atoms with Gasteiger partial charge in [0.2, 0.25) is 0 Å². The fourth-order valence-corrected chi connectivity index (χ4v) is 1.85. The van der Waals surface area contributed by atoms with Crippen molar-refractivity contribution < 1.29 is 26.7 Å². The van der Waals surface area contributed by atoms with Crippen LogP contribution in [0.5, 0.6) is 5.75 Å². The molecule has 0 radical (unpaired) electrons. The number of methoxy groups -OCH3 is 1. The van der Waals surface area contributed by atoms with Crippen molar-refractivity contribution in [2.45, 2.75) is 18.1 Å². The molecular formula is C11H11ClF5NO. The summed E-state index contributed by atoms with van der Waals surface area (Å²) in [6.45, 7) is 0. The van der Waals surface area contributed by atoms with Gasteiger partial charge in [-0.25, -0.2) is 0 Å². The molecule has 0 aliphatic heterocycles. The maximum absolute atomic E-state index is 13.3. The lowest BCUT2D eigenvalue weighted by Gasteiger charge is -2.28. The summed E-state index contributed by atoms with van der Waals surface area (Å²) in [5.41, 5.74) is -0.282. The van der Waals surface area contributed by atoms with Crippen LogP contribution in [0, 0.1) is 0 Å². The Kier molecular flexibility index (Phi) is 4.63. The van der Waals surface area contributed by atoms with Crippen LogP contribution < -0.4 is 10.1 Å². The topological polar surface area (TPSA) is 21.3 Å². The quantitative estimate of drug-likeness (QED) is 0.854. The van der Waals surface area contributed by atoms with Gasteiger partial charge in [-0.1, -0.05) is 17.7 Å². The number of hydrogen-bond acceptors (Lipinski definition) is 2. The summed E-state index contributed by atoms with van der Waals surface area (Å²) >= 11 is 5.72. The molecule has 1 aromatic rings. The van der Waals surface area contributed by atoms with E-state index in [0.29, 0.717) is 0 Å². The van der Waals surface area contributed by atoms with E-state index in [1.54, 1.807) is 0 Å². The molecule has 0 fully saturated rings. The smallest absolute Gasteiger partial charge is 0.455 e. The van der Waals surface area contributed by atoms with Gasteiger partial charge in [-0.2, -0.15) is 22.0 Å².